The molecular formula is C19H21N7O2S2. The van der Waals surface area contributed by atoms with E-state index in [1.807, 2.05) is 38.8 Å². The third kappa shape index (κ3) is 4.04. The van der Waals surface area contributed by atoms with Crippen LogP contribution in [0.3, 0.4) is 0 Å². The van der Waals surface area contributed by atoms with Gasteiger partial charge in [0.05, 0.1) is 41.1 Å². The van der Waals surface area contributed by atoms with E-state index in [0.717, 1.165) is 38.6 Å². The van der Waals surface area contributed by atoms with Gasteiger partial charge in [-0.1, -0.05) is 0 Å². The van der Waals surface area contributed by atoms with Crippen molar-refractivity contribution in [3.63, 3.8) is 0 Å². The fraction of sp³-hybridized carbons (Fsp3) is 0.316. The Morgan fingerprint density at radius 2 is 2.10 bits per heavy atom. The van der Waals surface area contributed by atoms with Gasteiger partial charge in [0.25, 0.3) is 0 Å². The van der Waals surface area contributed by atoms with Crippen LogP contribution in [0.2, 0.25) is 0 Å². The standard InChI is InChI=1S/C19H21N7O2S2/c1-24-5-4-12(23-24)8-25(2)20-7-14-15(9-27)26(3)19-18(14)30-16(22-19)6-13-11-29-17(10-28)21-13/h4-5,7,9,11,28H,6,8,10H2,1-3H3/b20-7-. The number of carbonyl (C=O) groups excluding carboxylic acids is 1. The molecule has 0 atom stereocenters. The highest BCUT2D eigenvalue weighted by atomic mass is 32.1. The van der Waals surface area contributed by atoms with E-state index in [2.05, 4.69) is 15.2 Å². The molecule has 0 amide bonds. The minimum Gasteiger partial charge on any atom is -0.389 e. The number of hydrogen-bond acceptors (Lipinski definition) is 9. The topological polar surface area (TPSA) is 101 Å². The van der Waals surface area contributed by atoms with Crippen molar-refractivity contribution in [3.05, 3.63) is 50.3 Å². The van der Waals surface area contributed by atoms with E-state index in [0.29, 0.717) is 23.7 Å². The molecule has 4 heterocycles. The Labute approximate surface area is 180 Å². The number of hydrogen-bond donors (Lipinski definition) is 1. The van der Waals surface area contributed by atoms with Crippen molar-refractivity contribution >= 4 is 45.5 Å². The summed E-state index contributed by atoms with van der Waals surface area (Å²) >= 11 is 2.97. The molecule has 4 aromatic heterocycles. The van der Waals surface area contributed by atoms with Crippen molar-refractivity contribution < 1.29 is 9.90 Å². The molecule has 11 heteroatoms. The van der Waals surface area contributed by atoms with Gasteiger partial charge >= 0.3 is 0 Å². The number of rotatable bonds is 8. The van der Waals surface area contributed by atoms with Gasteiger partial charge < -0.3 is 9.67 Å². The van der Waals surface area contributed by atoms with Crippen LogP contribution >= 0.6 is 22.7 Å². The smallest absolute Gasteiger partial charge is 0.167 e. The molecule has 0 aliphatic carbocycles. The first-order valence-electron chi connectivity index (χ1n) is 9.19. The summed E-state index contributed by atoms with van der Waals surface area (Å²) in [5.74, 6) is 0. The van der Waals surface area contributed by atoms with Gasteiger partial charge in [-0.25, -0.2) is 9.97 Å². The van der Waals surface area contributed by atoms with E-state index in [1.165, 1.54) is 22.7 Å². The number of aldehydes is 1. The largest absolute Gasteiger partial charge is 0.389 e. The maximum atomic E-state index is 11.7. The van der Waals surface area contributed by atoms with Gasteiger partial charge in [-0.2, -0.15) is 10.2 Å². The van der Waals surface area contributed by atoms with E-state index in [1.54, 1.807) is 20.5 Å². The predicted molar refractivity (Wildman–Crippen MR) is 117 cm³/mol. The Hall–Kier alpha value is -2.89. The summed E-state index contributed by atoms with van der Waals surface area (Å²) < 4.78 is 4.47. The summed E-state index contributed by atoms with van der Waals surface area (Å²) in [4.78, 5) is 20.8. The molecule has 0 radical (unpaired) electrons. The zero-order valence-corrected chi connectivity index (χ0v) is 18.4. The summed E-state index contributed by atoms with van der Waals surface area (Å²) in [5.41, 5.74) is 3.85. The van der Waals surface area contributed by atoms with Crippen LogP contribution in [0.25, 0.3) is 10.3 Å². The summed E-state index contributed by atoms with van der Waals surface area (Å²) in [5, 5.41) is 23.4. The van der Waals surface area contributed by atoms with E-state index in [-0.39, 0.29) is 6.61 Å². The molecule has 0 aliphatic rings. The maximum Gasteiger partial charge on any atom is 0.167 e. The van der Waals surface area contributed by atoms with Crippen LogP contribution < -0.4 is 0 Å². The lowest BCUT2D eigenvalue weighted by atomic mass is 10.3. The number of aliphatic hydroxyl groups excluding tert-OH is 1. The van der Waals surface area contributed by atoms with Crippen LogP contribution in [0.4, 0.5) is 0 Å². The second kappa shape index (κ2) is 8.46. The average Bonchev–Trinajstić information content (AvgIpc) is 3.48. The van der Waals surface area contributed by atoms with Crippen molar-refractivity contribution in [2.45, 2.75) is 19.6 Å². The molecular weight excluding hydrogens is 422 g/mol. The molecule has 4 aromatic rings. The van der Waals surface area contributed by atoms with Crippen LogP contribution in [0.5, 0.6) is 0 Å². The van der Waals surface area contributed by atoms with Crippen LogP contribution in [-0.2, 0) is 33.7 Å². The van der Waals surface area contributed by atoms with Gasteiger partial charge in [-0.15, -0.1) is 22.7 Å². The first kappa shape index (κ1) is 20.4. The van der Waals surface area contributed by atoms with Gasteiger partial charge in [0.15, 0.2) is 11.9 Å². The molecule has 1 N–H and O–H groups in total. The zero-order valence-electron chi connectivity index (χ0n) is 16.8. The highest BCUT2D eigenvalue weighted by Gasteiger charge is 2.19. The summed E-state index contributed by atoms with van der Waals surface area (Å²) in [6.45, 7) is 0.508. The molecule has 0 spiro atoms. The van der Waals surface area contributed by atoms with Crippen molar-refractivity contribution in [2.75, 3.05) is 7.05 Å². The number of carbonyl (C=O) groups is 1. The minimum absolute atomic E-state index is 0.0557. The number of nitrogens with zero attached hydrogens (tertiary/aromatic N) is 7. The third-order valence-corrected chi connectivity index (χ3v) is 6.54. The number of thiazole rings is 2. The number of aromatic nitrogens is 5. The quantitative estimate of drug-likeness (QED) is 0.254. The molecule has 9 nitrogen and oxygen atoms in total. The summed E-state index contributed by atoms with van der Waals surface area (Å²) in [6.07, 6.45) is 5.02. The second-order valence-electron chi connectivity index (χ2n) is 6.84. The normalized spacial score (nSPS) is 11.7. The highest BCUT2D eigenvalue weighted by Crippen LogP contribution is 2.30. The Bertz CT molecular complexity index is 1220. The number of aryl methyl sites for hydroxylation is 2. The van der Waals surface area contributed by atoms with Crippen LogP contribution in [0.1, 0.15) is 37.5 Å². The molecule has 0 saturated carbocycles. The third-order valence-electron chi connectivity index (χ3n) is 4.58. The van der Waals surface area contributed by atoms with Gasteiger partial charge in [0, 0.05) is 44.7 Å². The first-order valence-corrected chi connectivity index (χ1v) is 10.9. The second-order valence-corrected chi connectivity index (χ2v) is 8.87. The van der Waals surface area contributed by atoms with Crippen LogP contribution in [0, 0.1) is 0 Å². The number of fused-ring (bicyclic) bond motifs is 1. The maximum absolute atomic E-state index is 11.7. The lowest BCUT2D eigenvalue weighted by molar-refractivity contribution is 0.111. The summed E-state index contributed by atoms with van der Waals surface area (Å²) in [6, 6.07) is 1.94. The van der Waals surface area contributed by atoms with Crippen molar-refractivity contribution in [1.29, 1.82) is 0 Å². The van der Waals surface area contributed by atoms with E-state index in [9.17, 15) is 9.90 Å². The average molecular weight is 444 g/mol. The molecule has 0 aromatic carbocycles. The first-order chi connectivity index (χ1) is 14.5. The van der Waals surface area contributed by atoms with Gasteiger partial charge in [-0.05, 0) is 6.07 Å². The Morgan fingerprint density at radius 3 is 2.77 bits per heavy atom. The molecule has 156 valence electrons. The predicted octanol–water partition coefficient (Wildman–Crippen LogP) is 2.19. The van der Waals surface area contributed by atoms with E-state index >= 15 is 0 Å². The fourth-order valence-electron chi connectivity index (χ4n) is 3.15. The van der Waals surface area contributed by atoms with Crippen molar-refractivity contribution in [1.82, 2.24) is 29.3 Å². The Morgan fingerprint density at radius 1 is 1.27 bits per heavy atom. The Kier molecular flexibility index (Phi) is 5.75. The Balaban J connectivity index is 1.60. The van der Waals surface area contributed by atoms with Crippen LogP contribution in [-0.4, -0.2) is 54.0 Å². The van der Waals surface area contributed by atoms with Gasteiger partial charge in [0.1, 0.15) is 10.0 Å². The minimum atomic E-state index is -0.0557. The highest BCUT2D eigenvalue weighted by molar-refractivity contribution is 7.19. The van der Waals surface area contributed by atoms with Gasteiger partial charge in [-0.3, -0.25) is 14.5 Å². The monoisotopic (exact) mass is 443 g/mol. The molecule has 0 fully saturated rings. The molecule has 0 unspecified atom stereocenters. The van der Waals surface area contributed by atoms with Crippen molar-refractivity contribution in [3.8, 4) is 0 Å². The number of hydrazone groups is 1. The number of aliphatic hydroxyl groups is 1. The lowest BCUT2D eigenvalue weighted by Gasteiger charge is -2.10. The SMILES string of the molecule is CN(Cc1ccn(C)n1)/N=C\c1c(C=O)n(C)c2nc(Cc3csc(CO)n3)sc12. The van der Waals surface area contributed by atoms with E-state index < -0.39 is 0 Å². The molecule has 30 heavy (non-hydrogen) atoms. The van der Waals surface area contributed by atoms with Gasteiger partial charge in [0.2, 0.25) is 0 Å². The molecule has 4 rings (SSSR count). The van der Waals surface area contributed by atoms with E-state index in [4.69, 9.17) is 4.98 Å². The fourth-order valence-corrected chi connectivity index (χ4v) is 4.93. The zero-order chi connectivity index (χ0) is 21.3. The molecule has 0 saturated heterocycles. The van der Waals surface area contributed by atoms with Crippen LogP contribution in [0.15, 0.2) is 22.7 Å². The van der Waals surface area contributed by atoms with Crippen molar-refractivity contribution in [2.24, 2.45) is 19.2 Å². The summed E-state index contributed by atoms with van der Waals surface area (Å²) in [7, 11) is 5.57. The molecule has 0 bridgehead atoms. The lowest BCUT2D eigenvalue weighted by Crippen LogP contribution is -2.12. The molecule has 0 aliphatic heterocycles.